The number of aryl methyl sites for hydroxylation is 3. The fraction of sp³-hybridized carbons (Fsp3) is 0.231. The van der Waals surface area contributed by atoms with E-state index in [4.69, 9.17) is 17.3 Å². The maximum absolute atomic E-state index is 5.78. The van der Waals surface area contributed by atoms with Crippen LogP contribution in [0.5, 0.6) is 0 Å². The first kappa shape index (κ1) is 12.6. The number of nitrogens with one attached hydrogen (secondary N) is 1. The van der Waals surface area contributed by atoms with E-state index in [1.165, 1.54) is 5.56 Å². The van der Waals surface area contributed by atoms with Gasteiger partial charge in [-0.3, -0.25) is 0 Å². The molecule has 1 heterocycles. The molecule has 1 aromatic heterocycles. The number of hydrogen-bond acceptors (Lipinski definition) is 4. The maximum Gasteiger partial charge on any atom is 0.226 e. The van der Waals surface area contributed by atoms with E-state index in [9.17, 15) is 0 Å². The summed E-state index contributed by atoms with van der Waals surface area (Å²) in [6.45, 7) is 6.17. The zero-order chi connectivity index (χ0) is 13.3. The summed E-state index contributed by atoms with van der Waals surface area (Å²) < 4.78 is 0. The Labute approximate surface area is 111 Å². The van der Waals surface area contributed by atoms with Crippen LogP contribution in [0.1, 0.15) is 16.7 Å². The van der Waals surface area contributed by atoms with Crippen LogP contribution in [-0.4, -0.2) is 9.97 Å². The topological polar surface area (TPSA) is 63.8 Å². The van der Waals surface area contributed by atoms with Gasteiger partial charge in [-0.2, -0.15) is 0 Å². The molecule has 2 rings (SSSR count). The van der Waals surface area contributed by atoms with Crippen LogP contribution in [0.3, 0.4) is 0 Å². The normalized spacial score (nSPS) is 10.4. The molecule has 0 bridgehead atoms. The Morgan fingerprint density at radius 2 is 1.67 bits per heavy atom. The molecule has 0 aliphatic rings. The van der Waals surface area contributed by atoms with Crippen LogP contribution in [0.25, 0.3) is 0 Å². The summed E-state index contributed by atoms with van der Waals surface area (Å²) >= 11 is 5.78. The van der Waals surface area contributed by atoms with Gasteiger partial charge in [0.05, 0.1) is 0 Å². The highest BCUT2D eigenvalue weighted by Crippen LogP contribution is 2.25. The second kappa shape index (κ2) is 4.82. The average molecular weight is 263 g/mol. The number of nitrogens with zero attached hydrogens (tertiary/aromatic N) is 2. The van der Waals surface area contributed by atoms with Crippen LogP contribution < -0.4 is 11.1 Å². The molecule has 0 spiro atoms. The lowest BCUT2D eigenvalue weighted by atomic mass is 10.1. The van der Waals surface area contributed by atoms with Crippen LogP contribution >= 0.6 is 11.6 Å². The molecule has 0 atom stereocenters. The third-order valence-electron chi connectivity index (χ3n) is 2.65. The molecule has 0 aliphatic heterocycles. The number of benzene rings is 1. The van der Waals surface area contributed by atoms with E-state index < -0.39 is 0 Å². The number of anilines is 3. The minimum Gasteiger partial charge on any atom is -0.383 e. The molecule has 0 fully saturated rings. The number of hydrogen-bond donors (Lipinski definition) is 2. The monoisotopic (exact) mass is 262 g/mol. The predicted octanol–water partition coefficient (Wildman–Crippen LogP) is 3.38. The van der Waals surface area contributed by atoms with Gasteiger partial charge in [-0.1, -0.05) is 17.7 Å². The fourth-order valence-electron chi connectivity index (χ4n) is 2.00. The zero-order valence-electron chi connectivity index (χ0n) is 10.6. The fourth-order valence-corrected chi connectivity index (χ4v) is 2.19. The van der Waals surface area contributed by atoms with Gasteiger partial charge in [-0.25, -0.2) is 9.97 Å². The second-order valence-electron chi connectivity index (χ2n) is 4.35. The van der Waals surface area contributed by atoms with E-state index in [0.717, 1.165) is 16.8 Å². The molecule has 0 saturated heterocycles. The van der Waals surface area contributed by atoms with Crippen molar-refractivity contribution in [1.82, 2.24) is 9.97 Å². The molecule has 0 amide bonds. The zero-order valence-corrected chi connectivity index (χ0v) is 11.3. The van der Waals surface area contributed by atoms with E-state index in [0.29, 0.717) is 11.6 Å². The van der Waals surface area contributed by atoms with Crippen LogP contribution in [0.4, 0.5) is 17.3 Å². The van der Waals surface area contributed by atoms with Gasteiger partial charge in [-0.15, -0.1) is 0 Å². The first-order valence-corrected chi connectivity index (χ1v) is 5.98. The molecular weight excluding hydrogens is 248 g/mol. The highest BCUT2D eigenvalue weighted by Gasteiger charge is 2.06. The third-order valence-corrected chi connectivity index (χ3v) is 2.82. The van der Waals surface area contributed by atoms with Gasteiger partial charge in [0.2, 0.25) is 5.28 Å². The van der Waals surface area contributed by atoms with Gasteiger partial charge < -0.3 is 11.1 Å². The summed E-state index contributed by atoms with van der Waals surface area (Å²) in [5.41, 5.74) is 10.2. The van der Waals surface area contributed by atoms with Gasteiger partial charge in [-0.05, 0) is 43.5 Å². The summed E-state index contributed by atoms with van der Waals surface area (Å²) in [5.74, 6) is 0.947. The summed E-state index contributed by atoms with van der Waals surface area (Å²) in [4.78, 5) is 7.92. The van der Waals surface area contributed by atoms with E-state index in [1.54, 1.807) is 6.07 Å². The SMILES string of the molecule is Cc1cc(C)c(Nc2cc(N)nc(Cl)n2)c(C)c1. The summed E-state index contributed by atoms with van der Waals surface area (Å²) in [5, 5.41) is 3.37. The van der Waals surface area contributed by atoms with Crippen molar-refractivity contribution in [3.8, 4) is 0 Å². The minimum absolute atomic E-state index is 0.139. The summed E-state index contributed by atoms with van der Waals surface area (Å²) in [7, 11) is 0. The second-order valence-corrected chi connectivity index (χ2v) is 4.68. The largest absolute Gasteiger partial charge is 0.383 e. The molecule has 5 heteroatoms. The molecule has 2 aromatic rings. The number of rotatable bonds is 2. The Hall–Kier alpha value is -1.81. The standard InChI is InChI=1S/C13H15ClN4/c1-7-4-8(2)12(9(3)5-7)17-11-6-10(15)16-13(14)18-11/h4-6H,1-3H3,(H3,15,16,17,18). The molecule has 0 aliphatic carbocycles. The average Bonchev–Trinajstić information content (AvgIpc) is 2.22. The lowest BCUT2D eigenvalue weighted by Gasteiger charge is -2.13. The van der Waals surface area contributed by atoms with Crippen molar-refractivity contribution in [2.45, 2.75) is 20.8 Å². The first-order valence-electron chi connectivity index (χ1n) is 5.60. The van der Waals surface area contributed by atoms with Crippen molar-refractivity contribution < 1.29 is 0 Å². The van der Waals surface area contributed by atoms with E-state index >= 15 is 0 Å². The van der Waals surface area contributed by atoms with Crippen molar-refractivity contribution in [2.24, 2.45) is 0 Å². The van der Waals surface area contributed by atoms with Crippen molar-refractivity contribution in [3.63, 3.8) is 0 Å². The van der Waals surface area contributed by atoms with E-state index in [2.05, 4.69) is 48.2 Å². The first-order chi connectivity index (χ1) is 8.45. The van der Waals surface area contributed by atoms with E-state index in [1.807, 2.05) is 0 Å². The van der Waals surface area contributed by atoms with Gasteiger partial charge in [0, 0.05) is 11.8 Å². The molecule has 94 valence electrons. The number of halogens is 1. The quantitative estimate of drug-likeness (QED) is 0.815. The molecule has 0 unspecified atom stereocenters. The summed E-state index contributed by atoms with van der Waals surface area (Å²) in [6.07, 6.45) is 0. The van der Waals surface area contributed by atoms with Crippen LogP contribution in [-0.2, 0) is 0 Å². The molecule has 4 nitrogen and oxygen atoms in total. The van der Waals surface area contributed by atoms with Crippen molar-refractivity contribution in [1.29, 1.82) is 0 Å². The van der Waals surface area contributed by atoms with Crippen molar-refractivity contribution >= 4 is 28.9 Å². The predicted molar refractivity (Wildman–Crippen MR) is 75.4 cm³/mol. The Kier molecular flexibility index (Phi) is 3.39. The third kappa shape index (κ3) is 2.71. The highest BCUT2D eigenvalue weighted by molar-refractivity contribution is 6.28. The number of nitrogens with two attached hydrogens (primary N) is 1. The van der Waals surface area contributed by atoms with Gasteiger partial charge >= 0.3 is 0 Å². The number of aromatic nitrogens is 2. The van der Waals surface area contributed by atoms with Crippen LogP contribution in [0, 0.1) is 20.8 Å². The van der Waals surface area contributed by atoms with Gasteiger partial charge in [0.15, 0.2) is 0 Å². The van der Waals surface area contributed by atoms with Crippen molar-refractivity contribution in [3.05, 3.63) is 40.2 Å². The Bertz CT molecular complexity index is 552. The molecule has 1 aromatic carbocycles. The maximum atomic E-state index is 5.78. The highest BCUT2D eigenvalue weighted by atomic mass is 35.5. The van der Waals surface area contributed by atoms with Gasteiger partial charge in [0.25, 0.3) is 0 Å². The van der Waals surface area contributed by atoms with Crippen molar-refractivity contribution in [2.75, 3.05) is 11.1 Å². The smallest absolute Gasteiger partial charge is 0.226 e. The molecule has 0 radical (unpaired) electrons. The van der Waals surface area contributed by atoms with Gasteiger partial charge in [0.1, 0.15) is 11.6 Å². The lowest BCUT2D eigenvalue weighted by molar-refractivity contribution is 1.17. The molecule has 0 saturated carbocycles. The lowest BCUT2D eigenvalue weighted by Crippen LogP contribution is -2.01. The molecule has 3 N–H and O–H groups in total. The summed E-state index contributed by atoms with van der Waals surface area (Å²) in [6, 6.07) is 5.88. The van der Waals surface area contributed by atoms with Crippen LogP contribution in [0.15, 0.2) is 18.2 Å². The molecule has 18 heavy (non-hydrogen) atoms. The Morgan fingerprint density at radius 1 is 1.06 bits per heavy atom. The minimum atomic E-state index is 0.139. The Balaban J connectivity index is 2.40. The Morgan fingerprint density at radius 3 is 2.22 bits per heavy atom. The molecular formula is C13H15ClN4. The van der Waals surface area contributed by atoms with E-state index in [-0.39, 0.29) is 5.28 Å². The van der Waals surface area contributed by atoms with Crippen LogP contribution in [0.2, 0.25) is 5.28 Å². The number of nitrogen functional groups attached to an aromatic ring is 1.